The fourth-order valence-corrected chi connectivity index (χ4v) is 2.69. The average Bonchev–Trinajstić information content (AvgIpc) is 2.42. The summed E-state index contributed by atoms with van der Waals surface area (Å²) in [5, 5.41) is 0. The molecule has 3 nitrogen and oxygen atoms in total. The molecule has 1 aliphatic rings. The van der Waals surface area contributed by atoms with Gasteiger partial charge in [-0.05, 0) is 43.2 Å². The van der Waals surface area contributed by atoms with E-state index in [4.69, 9.17) is 10.5 Å². The van der Waals surface area contributed by atoms with E-state index < -0.39 is 0 Å². The van der Waals surface area contributed by atoms with Gasteiger partial charge in [-0.1, -0.05) is 24.3 Å². The molecule has 1 unspecified atom stereocenters. The van der Waals surface area contributed by atoms with Gasteiger partial charge in [-0.15, -0.1) is 0 Å². The highest BCUT2D eigenvalue weighted by molar-refractivity contribution is 5.66. The first-order valence-electron chi connectivity index (χ1n) is 6.99. The maximum Gasteiger partial charge on any atom is 0.143 e. The minimum atomic E-state index is 0.190. The minimum absolute atomic E-state index is 0.190. The third-order valence-electron chi connectivity index (χ3n) is 3.75. The van der Waals surface area contributed by atoms with Crippen molar-refractivity contribution in [1.29, 1.82) is 0 Å². The molecule has 0 aliphatic carbocycles. The molecule has 2 aromatic carbocycles. The first-order valence-corrected chi connectivity index (χ1v) is 6.99. The third kappa shape index (κ3) is 2.44. The molecule has 1 aliphatic heterocycles. The van der Waals surface area contributed by atoms with Gasteiger partial charge in [0.05, 0.1) is 12.2 Å². The Hall–Kier alpha value is -2.16. The maximum absolute atomic E-state index is 5.92. The molecule has 0 bridgehead atoms. The Balaban J connectivity index is 1.94. The van der Waals surface area contributed by atoms with Crippen molar-refractivity contribution in [2.75, 3.05) is 17.2 Å². The second kappa shape index (κ2) is 5.08. The fraction of sp³-hybridized carbons (Fsp3) is 0.294. The van der Waals surface area contributed by atoms with Gasteiger partial charge in [0.1, 0.15) is 11.9 Å². The van der Waals surface area contributed by atoms with Gasteiger partial charge in [0.15, 0.2) is 0 Å². The topological polar surface area (TPSA) is 38.5 Å². The van der Waals surface area contributed by atoms with Crippen LogP contribution in [-0.2, 0) is 6.54 Å². The summed E-state index contributed by atoms with van der Waals surface area (Å²) < 4.78 is 5.89. The molecule has 0 saturated heterocycles. The molecule has 20 heavy (non-hydrogen) atoms. The van der Waals surface area contributed by atoms with E-state index in [0.717, 1.165) is 30.2 Å². The second-order valence-corrected chi connectivity index (χ2v) is 5.46. The number of rotatable bonds is 2. The molecule has 1 atom stereocenters. The van der Waals surface area contributed by atoms with Crippen LogP contribution in [0.4, 0.5) is 11.4 Å². The molecular weight excluding hydrogens is 248 g/mol. The molecule has 1 heterocycles. The molecule has 0 aromatic heterocycles. The molecular formula is C17H20N2O. The van der Waals surface area contributed by atoms with Crippen LogP contribution in [0.1, 0.15) is 18.1 Å². The highest BCUT2D eigenvalue weighted by Crippen LogP contribution is 2.36. The lowest BCUT2D eigenvalue weighted by Gasteiger charge is -2.35. The van der Waals surface area contributed by atoms with Crippen molar-refractivity contribution in [2.45, 2.75) is 26.5 Å². The van der Waals surface area contributed by atoms with Crippen molar-refractivity contribution in [1.82, 2.24) is 0 Å². The Morgan fingerprint density at radius 2 is 2.05 bits per heavy atom. The first kappa shape index (κ1) is 12.9. The Morgan fingerprint density at radius 1 is 1.25 bits per heavy atom. The maximum atomic E-state index is 5.92. The van der Waals surface area contributed by atoms with Crippen molar-refractivity contribution in [3.63, 3.8) is 0 Å². The van der Waals surface area contributed by atoms with Crippen molar-refractivity contribution in [3.05, 3.63) is 53.6 Å². The number of hydrogen-bond donors (Lipinski definition) is 1. The lowest BCUT2D eigenvalue weighted by Crippen LogP contribution is -2.38. The van der Waals surface area contributed by atoms with Gasteiger partial charge < -0.3 is 15.4 Å². The van der Waals surface area contributed by atoms with Gasteiger partial charge in [0, 0.05) is 12.2 Å². The van der Waals surface area contributed by atoms with Crippen LogP contribution in [0.2, 0.25) is 0 Å². The van der Waals surface area contributed by atoms with Gasteiger partial charge in [0.25, 0.3) is 0 Å². The van der Waals surface area contributed by atoms with Crippen LogP contribution < -0.4 is 15.4 Å². The summed E-state index contributed by atoms with van der Waals surface area (Å²) in [6.07, 6.45) is 0.190. The molecule has 0 spiro atoms. The van der Waals surface area contributed by atoms with Crippen LogP contribution >= 0.6 is 0 Å². The predicted molar refractivity (Wildman–Crippen MR) is 83.2 cm³/mol. The summed E-state index contributed by atoms with van der Waals surface area (Å²) >= 11 is 0. The lowest BCUT2D eigenvalue weighted by atomic mass is 10.1. The van der Waals surface area contributed by atoms with Gasteiger partial charge in [-0.2, -0.15) is 0 Å². The van der Waals surface area contributed by atoms with E-state index in [2.05, 4.69) is 43.0 Å². The summed E-state index contributed by atoms with van der Waals surface area (Å²) in [5.41, 5.74) is 10.4. The average molecular weight is 268 g/mol. The zero-order valence-electron chi connectivity index (χ0n) is 12.0. The molecule has 0 saturated carbocycles. The summed E-state index contributed by atoms with van der Waals surface area (Å²) in [4.78, 5) is 2.35. The number of nitrogen functional groups attached to an aromatic ring is 1. The molecule has 0 amide bonds. The molecule has 2 N–H and O–H groups in total. The van der Waals surface area contributed by atoms with Crippen LogP contribution in [0, 0.1) is 6.92 Å². The second-order valence-electron chi connectivity index (χ2n) is 5.46. The van der Waals surface area contributed by atoms with Gasteiger partial charge in [0.2, 0.25) is 0 Å². The van der Waals surface area contributed by atoms with Crippen LogP contribution in [-0.4, -0.2) is 12.6 Å². The van der Waals surface area contributed by atoms with E-state index in [1.54, 1.807) is 0 Å². The molecule has 3 heteroatoms. The number of nitrogens with zero attached hydrogens (tertiary/aromatic N) is 1. The summed E-state index contributed by atoms with van der Waals surface area (Å²) in [6, 6.07) is 14.4. The van der Waals surface area contributed by atoms with Gasteiger partial charge in [-0.25, -0.2) is 0 Å². The molecule has 104 valence electrons. The highest BCUT2D eigenvalue weighted by atomic mass is 16.5. The SMILES string of the molecule is Cc1ccccc1CN1CC(C)Oc2ccc(N)cc21. The van der Waals surface area contributed by atoms with Crippen molar-refractivity contribution < 1.29 is 4.74 Å². The number of anilines is 2. The Kier molecular flexibility index (Phi) is 3.26. The van der Waals surface area contributed by atoms with E-state index in [0.29, 0.717) is 0 Å². The van der Waals surface area contributed by atoms with Crippen molar-refractivity contribution in [2.24, 2.45) is 0 Å². The summed E-state index contributed by atoms with van der Waals surface area (Å²) in [7, 11) is 0. The van der Waals surface area contributed by atoms with Crippen molar-refractivity contribution >= 4 is 11.4 Å². The van der Waals surface area contributed by atoms with Crippen LogP contribution in [0.25, 0.3) is 0 Å². The number of fused-ring (bicyclic) bond motifs is 1. The number of hydrogen-bond acceptors (Lipinski definition) is 3. The molecule has 2 aromatic rings. The minimum Gasteiger partial charge on any atom is -0.487 e. The van der Waals surface area contributed by atoms with E-state index >= 15 is 0 Å². The fourth-order valence-electron chi connectivity index (χ4n) is 2.69. The van der Waals surface area contributed by atoms with Gasteiger partial charge >= 0.3 is 0 Å². The summed E-state index contributed by atoms with van der Waals surface area (Å²) in [6.45, 7) is 6.02. The third-order valence-corrected chi connectivity index (χ3v) is 3.75. The van der Waals surface area contributed by atoms with Crippen LogP contribution in [0.5, 0.6) is 5.75 Å². The molecule has 0 radical (unpaired) electrons. The largest absolute Gasteiger partial charge is 0.487 e. The zero-order chi connectivity index (χ0) is 14.1. The first-order chi connectivity index (χ1) is 9.63. The van der Waals surface area contributed by atoms with E-state index in [-0.39, 0.29) is 6.10 Å². The smallest absolute Gasteiger partial charge is 0.143 e. The van der Waals surface area contributed by atoms with Crippen LogP contribution in [0.15, 0.2) is 42.5 Å². The summed E-state index contributed by atoms with van der Waals surface area (Å²) in [5.74, 6) is 0.923. The van der Waals surface area contributed by atoms with Crippen molar-refractivity contribution in [3.8, 4) is 5.75 Å². The number of aryl methyl sites for hydroxylation is 1. The zero-order valence-corrected chi connectivity index (χ0v) is 12.0. The van der Waals surface area contributed by atoms with Gasteiger partial charge in [-0.3, -0.25) is 0 Å². The molecule has 0 fully saturated rings. The number of ether oxygens (including phenoxy) is 1. The number of nitrogens with two attached hydrogens (primary N) is 1. The predicted octanol–water partition coefficient (Wildman–Crippen LogP) is 3.36. The number of benzene rings is 2. The Morgan fingerprint density at radius 3 is 2.85 bits per heavy atom. The van der Waals surface area contributed by atoms with E-state index in [1.807, 2.05) is 18.2 Å². The Bertz CT molecular complexity index is 624. The van der Waals surface area contributed by atoms with Crippen LogP contribution in [0.3, 0.4) is 0 Å². The van der Waals surface area contributed by atoms with E-state index in [1.165, 1.54) is 11.1 Å². The Labute approximate surface area is 120 Å². The molecule has 3 rings (SSSR count). The standard InChI is InChI=1S/C17H20N2O/c1-12-5-3-4-6-14(12)11-19-10-13(2)20-17-8-7-15(18)9-16(17)19/h3-9,13H,10-11,18H2,1-2H3. The normalized spacial score (nSPS) is 17.5. The quantitative estimate of drug-likeness (QED) is 0.849. The lowest BCUT2D eigenvalue weighted by molar-refractivity contribution is 0.212. The monoisotopic (exact) mass is 268 g/mol. The van der Waals surface area contributed by atoms with E-state index in [9.17, 15) is 0 Å². The highest BCUT2D eigenvalue weighted by Gasteiger charge is 2.23.